The Kier molecular flexibility index (Phi) is 5.55. The number of benzene rings is 3. The van der Waals surface area contributed by atoms with E-state index in [-0.39, 0.29) is 5.52 Å². The predicted molar refractivity (Wildman–Crippen MR) is 114 cm³/mol. The molecule has 0 aliphatic carbocycles. The number of aryl methyl sites for hydroxylation is 1. The number of hydrogen-bond donors (Lipinski definition) is 0. The van der Waals surface area contributed by atoms with Gasteiger partial charge < -0.3 is 9.47 Å². The molecule has 0 bridgehead atoms. The molecule has 3 aromatic carbocycles. The van der Waals surface area contributed by atoms with Gasteiger partial charge in [-0.2, -0.15) is 13.2 Å². The van der Waals surface area contributed by atoms with Crippen molar-refractivity contribution in [1.29, 1.82) is 0 Å². The van der Waals surface area contributed by atoms with Crippen LogP contribution in [0.15, 0.2) is 72.9 Å². The highest BCUT2D eigenvalue weighted by molar-refractivity contribution is 5.97. The van der Waals surface area contributed by atoms with Gasteiger partial charge in [-0.3, -0.25) is 4.98 Å². The second-order valence-electron chi connectivity index (χ2n) is 7.18. The van der Waals surface area contributed by atoms with E-state index >= 15 is 0 Å². The van der Waals surface area contributed by atoms with Gasteiger partial charge in [0, 0.05) is 11.6 Å². The van der Waals surface area contributed by atoms with Crippen LogP contribution in [0, 0.1) is 6.92 Å². The first-order valence-corrected chi connectivity index (χ1v) is 9.68. The van der Waals surface area contributed by atoms with E-state index in [0.717, 1.165) is 28.5 Å². The molecule has 4 rings (SSSR count). The fourth-order valence-corrected chi connectivity index (χ4v) is 3.60. The van der Waals surface area contributed by atoms with Crippen molar-refractivity contribution in [2.75, 3.05) is 7.11 Å². The molecule has 0 spiro atoms. The SMILES string of the molecule is COc1cccc(COc2cccc(-c3c(C)cnc4c(C(F)(F)F)cccc34)c2)c1. The first-order valence-electron chi connectivity index (χ1n) is 9.68. The van der Waals surface area contributed by atoms with Crippen LogP contribution in [0.4, 0.5) is 13.2 Å². The van der Waals surface area contributed by atoms with Crippen LogP contribution in [0.5, 0.6) is 11.5 Å². The Morgan fingerprint density at radius 2 is 1.65 bits per heavy atom. The van der Waals surface area contributed by atoms with Crippen molar-refractivity contribution in [3.05, 3.63) is 89.6 Å². The van der Waals surface area contributed by atoms with Crippen molar-refractivity contribution in [3.8, 4) is 22.6 Å². The highest BCUT2D eigenvalue weighted by Gasteiger charge is 2.33. The predicted octanol–water partition coefficient (Wildman–Crippen LogP) is 6.82. The van der Waals surface area contributed by atoms with Crippen molar-refractivity contribution >= 4 is 10.9 Å². The number of alkyl halides is 3. The van der Waals surface area contributed by atoms with Gasteiger partial charge in [0.2, 0.25) is 0 Å². The Bertz CT molecular complexity index is 1240. The van der Waals surface area contributed by atoms with Gasteiger partial charge in [0.05, 0.1) is 18.2 Å². The first kappa shape index (κ1) is 20.7. The number of rotatable bonds is 5. The number of fused-ring (bicyclic) bond motifs is 1. The summed E-state index contributed by atoms with van der Waals surface area (Å²) in [5.41, 5.74) is 2.42. The quantitative estimate of drug-likeness (QED) is 0.353. The van der Waals surface area contributed by atoms with E-state index < -0.39 is 11.7 Å². The van der Waals surface area contributed by atoms with Crippen LogP contribution in [0.1, 0.15) is 16.7 Å². The van der Waals surface area contributed by atoms with Crippen LogP contribution in [0.3, 0.4) is 0 Å². The smallest absolute Gasteiger partial charge is 0.418 e. The maximum atomic E-state index is 13.5. The van der Waals surface area contributed by atoms with E-state index in [1.807, 2.05) is 55.5 Å². The summed E-state index contributed by atoms with van der Waals surface area (Å²) in [7, 11) is 1.61. The topological polar surface area (TPSA) is 31.4 Å². The fraction of sp³-hybridized carbons (Fsp3) is 0.160. The number of pyridine rings is 1. The van der Waals surface area contributed by atoms with Gasteiger partial charge in [0.25, 0.3) is 0 Å². The van der Waals surface area contributed by atoms with Crippen LogP contribution in [-0.2, 0) is 12.8 Å². The zero-order valence-corrected chi connectivity index (χ0v) is 17.0. The molecule has 1 heterocycles. The summed E-state index contributed by atoms with van der Waals surface area (Å²) in [5.74, 6) is 1.37. The molecule has 0 N–H and O–H groups in total. The van der Waals surface area contributed by atoms with Crippen LogP contribution in [-0.4, -0.2) is 12.1 Å². The molecule has 0 amide bonds. The summed E-state index contributed by atoms with van der Waals surface area (Å²) < 4.78 is 51.6. The molecule has 0 unspecified atom stereocenters. The number of methoxy groups -OCH3 is 1. The highest BCUT2D eigenvalue weighted by atomic mass is 19.4. The maximum absolute atomic E-state index is 13.5. The van der Waals surface area contributed by atoms with E-state index in [1.54, 1.807) is 13.2 Å². The number of para-hydroxylation sites is 1. The Labute approximate surface area is 178 Å². The van der Waals surface area contributed by atoms with Gasteiger partial charge >= 0.3 is 6.18 Å². The Morgan fingerprint density at radius 1 is 0.903 bits per heavy atom. The normalized spacial score (nSPS) is 11.5. The van der Waals surface area contributed by atoms with E-state index in [9.17, 15) is 13.2 Å². The van der Waals surface area contributed by atoms with Crippen LogP contribution in [0.25, 0.3) is 22.0 Å². The molecule has 31 heavy (non-hydrogen) atoms. The minimum absolute atomic E-state index is 0.0571. The minimum Gasteiger partial charge on any atom is -0.497 e. The summed E-state index contributed by atoms with van der Waals surface area (Å²) in [6, 6.07) is 19.1. The van der Waals surface area contributed by atoms with Gasteiger partial charge in [-0.15, -0.1) is 0 Å². The van der Waals surface area contributed by atoms with Crippen molar-refractivity contribution in [1.82, 2.24) is 4.98 Å². The molecule has 0 atom stereocenters. The largest absolute Gasteiger partial charge is 0.497 e. The Morgan fingerprint density at radius 3 is 2.42 bits per heavy atom. The lowest BCUT2D eigenvalue weighted by Gasteiger charge is -2.15. The second-order valence-corrected chi connectivity index (χ2v) is 7.18. The molecular weight excluding hydrogens is 403 g/mol. The minimum atomic E-state index is -4.47. The third-order valence-corrected chi connectivity index (χ3v) is 5.05. The number of ether oxygens (including phenoxy) is 2. The summed E-state index contributed by atoms with van der Waals surface area (Å²) in [6.07, 6.45) is -2.99. The lowest BCUT2D eigenvalue weighted by Crippen LogP contribution is -2.07. The third kappa shape index (κ3) is 4.33. The summed E-state index contributed by atoms with van der Waals surface area (Å²) in [5, 5.41) is 0.458. The molecular formula is C25H20F3NO2. The fourth-order valence-electron chi connectivity index (χ4n) is 3.60. The summed E-state index contributed by atoms with van der Waals surface area (Å²) in [4.78, 5) is 4.08. The summed E-state index contributed by atoms with van der Waals surface area (Å²) >= 11 is 0. The highest BCUT2D eigenvalue weighted by Crippen LogP contribution is 2.38. The second kappa shape index (κ2) is 8.30. The molecule has 158 valence electrons. The van der Waals surface area contributed by atoms with Crippen molar-refractivity contribution in [2.45, 2.75) is 19.7 Å². The molecule has 1 aromatic heterocycles. The molecule has 0 saturated carbocycles. The Hall–Kier alpha value is -3.54. The molecule has 6 heteroatoms. The van der Waals surface area contributed by atoms with Crippen LogP contribution in [0.2, 0.25) is 0 Å². The van der Waals surface area contributed by atoms with E-state index in [0.29, 0.717) is 23.3 Å². The van der Waals surface area contributed by atoms with Gasteiger partial charge in [0.15, 0.2) is 0 Å². The molecule has 0 aliphatic heterocycles. The lowest BCUT2D eigenvalue weighted by molar-refractivity contribution is -0.136. The van der Waals surface area contributed by atoms with Gasteiger partial charge in [-0.1, -0.05) is 36.4 Å². The number of hydrogen-bond acceptors (Lipinski definition) is 3. The van der Waals surface area contributed by atoms with E-state index in [2.05, 4.69) is 4.98 Å². The molecule has 0 radical (unpaired) electrons. The molecule has 0 fully saturated rings. The Balaban J connectivity index is 1.71. The van der Waals surface area contributed by atoms with E-state index in [1.165, 1.54) is 12.3 Å². The van der Waals surface area contributed by atoms with Crippen molar-refractivity contribution < 1.29 is 22.6 Å². The zero-order valence-electron chi connectivity index (χ0n) is 17.0. The average Bonchev–Trinajstić information content (AvgIpc) is 2.77. The summed E-state index contributed by atoms with van der Waals surface area (Å²) in [6.45, 7) is 2.18. The monoisotopic (exact) mass is 423 g/mol. The molecule has 4 aromatic rings. The number of nitrogens with zero attached hydrogens (tertiary/aromatic N) is 1. The lowest BCUT2D eigenvalue weighted by atomic mass is 9.95. The van der Waals surface area contributed by atoms with Gasteiger partial charge in [0.1, 0.15) is 18.1 Å². The molecule has 0 saturated heterocycles. The zero-order chi connectivity index (χ0) is 22.0. The number of aromatic nitrogens is 1. The van der Waals surface area contributed by atoms with Crippen LogP contribution < -0.4 is 9.47 Å². The van der Waals surface area contributed by atoms with Gasteiger partial charge in [-0.05, 0) is 59.5 Å². The standard InChI is InChI=1S/C25H20F3NO2/c1-16-14-29-24-21(10-5-11-22(24)25(26,27)28)23(16)18-7-4-9-20(13-18)31-15-17-6-3-8-19(12-17)30-2/h3-14H,15H2,1-2H3. The van der Waals surface area contributed by atoms with Gasteiger partial charge in [-0.25, -0.2) is 0 Å². The maximum Gasteiger partial charge on any atom is 0.418 e. The average molecular weight is 423 g/mol. The third-order valence-electron chi connectivity index (χ3n) is 5.05. The van der Waals surface area contributed by atoms with Crippen LogP contribution >= 0.6 is 0 Å². The van der Waals surface area contributed by atoms with Crippen molar-refractivity contribution in [2.24, 2.45) is 0 Å². The van der Waals surface area contributed by atoms with Crippen molar-refractivity contribution in [3.63, 3.8) is 0 Å². The molecule has 3 nitrogen and oxygen atoms in total. The van der Waals surface area contributed by atoms with E-state index in [4.69, 9.17) is 9.47 Å². The molecule has 0 aliphatic rings. The first-order chi connectivity index (χ1) is 14.9. The number of halogens is 3.